The van der Waals surface area contributed by atoms with Crippen LogP contribution in [0.1, 0.15) is 0 Å². The lowest BCUT2D eigenvalue weighted by Gasteiger charge is -2.22. The van der Waals surface area contributed by atoms with Crippen LogP contribution in [0.3, 0.4) is 0 Å². The van der Waals surface area contributed by atoms with Gasteiger partial charge in [0.05, 0.1) is 11.4 Å². The number of fused-ring (bicyclic) bond motifs is 3. The van der Waals surface area contributed by atoms with Crippen molar-refractivity contribution in [1.82, 2.24) is 4.57 Å². The Morgan fingerprint density at radius 3 is 1.51 bits per heavy atom. The predicted molar refractivity (Wildman–Crippen MR) is 244 cm³/mol. The van der Waals surface area contributed by atoms with Crippen LogP contribution >= 0.6 is 0 Å². The van der Waals surface area contributed by atoms with Crippen LogP contribution in [0.25, 0.3) is 115 Å². The molecule has 0 aliphatic heterocycles. The van der Waals surface area contributed by atoms with E-state index in [0.29, 0.717) is 0 Å². The number of aromatic nitrogens is 1. The Balaban J connectivity index is 1.23. The molecule has 0 aliphatic carbocycles. The molecule has 1 heteroatoms. The zero-order valence-electron chi connectivity index (χ0n) is 31.2. The summed E-state index contributed by atoms with van der Waals surface area (Å²) < 4.78 is 2.45. The zero-order valence-corrected chi connectivity index (χ0v) is 31.2. The Morgan fingerprint density at radius 2 is 0.789 bits per heavy atom. The van der Waals surface area contributed by atoms with Gasteiger partial charge in [-0.3, -0.25) is 0 Å². The first-order chi connectivity index (χ1) is 28.3. The van der Waals surface area contributed by atoms with E-state index in [1.54, 1.807) is 0 Å². The molecule has 0 unspecified atom stereocenters. The van der Waals surface area contributed by atoms with Crippen molar-refractivity contribution in [2.75, 3.05) is 0 Å². The average Bonchev–Trinajstić information content (AvgIpc) is 3.73. The third-order valence-corrected chi connectivity index (χ3v) is 12.1. The highest BCUT2D eigenvalue weighted by atomic mass is 15.0. The normalized spacial score (nSPS) is 11.9. The van der Waals surface area contributed by atoms with Gasteiger partial charge in [0.1, 0.15) is 0 Å². The van der Waals surface area contributed by atoms with Gasteiger partial charge in [-0.2, -0.15) is 0 Å². The van der Waals surface area contributed by atoms with Gasteiger partial charge in [0.25, 0.3) is 0 Å². The molecule has 1 heterocycles. The molecular weight excluding hydrogens is 687 g/mol. The van der Waals surface area contributed by atoms with Crippen LogP contribution in [0.5, 0.6) is 0 Å². The largest absolute Gasteiger partial charge is 0.309 e. The molecule has 0 amide bonds. The molecule has 264 valence electrons. The maximum Gasteiger partial charge on any atom is 0.0535 e. The topological polar surface area (TPSA) is 4.93 Å². The maximum absolute atomic E-state index is 2.46. The molecule has 1 nitrogen and oxygen atoms in total. The van der Waals surface area contributed by atoms with E-state index in [1.165, 1.54) is 98.0 Å². The fourth-order valence-electron chi connectivity index (χ4n) is 9.59. The molecule has 11 aromatic carbocycles. The molecule has 1 aromatic heterocycles. The summed E-state index contributed by atoms with van der Waals surface area (Å²) in [4.78, 5) is 0. The van der Waals surface area contributed by atoms with Crippen LogP contribution in [-0.2, 0) is 0 Å². The second-order valence-electron chi connectivity index (χ2n) is 15.2. The summed E-state index contributed by atoms with van der Waals surface area (Å²) in [6, 6.07) is 78.5. The van der Waals surface area contributed by atoms with E-state index in [1.807, 2.05) is 0 Å². The molecule has 0 atom stereocenters. The van der Waals surface area contributed by atoms with E-state index in [-0.39, 0.29) is 0 Å². The van der Waals surface area contributed by atoms with Crippen molar-refractivity contribution < 1.29 is 0 Å². The highest BCUT2D eigenvalue weighted by Crippen LogP contribution is 2.48. The van der Waals surface area contributed by atoms with E-state index in [0.717, 1.165) is 17.1 Å². The van der Waals surface area contributed by atoms with Crippen LogP contribution < -0.4 is 0 Å². The van der Waals surface area contributed by atoms with Gasteiger partial charge in [0.15, 0.2) is 0 Å². The minimum absolute atomic E-state index is 1.13. The number of benzene rings is 11. The first-order valence-electron chi connectivity index (χ1n) is 19.8. The summed E-state index contributed by atoms with van der Waals surface area (Å²) in [5, 5.41) is 15.2. The average molecular weight is 722 g/mol. The van der Waals surface area contributed by atoms with E-state index in [9.17, 15) is 0 Å². The summed E-state index contributed by atoms with van der Waals surface area (Å²) in [6.45, 7) is 0. The summed E-state index contributed by atoms with van der Waals surface area (Å²) in [7, 11) is 0. The molecular formula is C56H35N. The van der Waals surface area contributed by atoms with E-state index < -0.39 is 0 Å². The van der Waals surface area contributed by atoms with Crippen LogP contribution in [0.4, 0.5) is 0 Å². The summed E-state index contributed by atoms with van der Waals surface area (Å²) in [5.74, 6) is 0. The van der Waals surface area contributed by atoms with Gasteiger partial charge in [0, 0.05) is 5.69 Å². The Labute approximate surface area is 330 Å². The Bertz CT molecular complexity index is 3430. The van der Waals surface area contributed by atoms with Gasteiger partial charge in [0.2, 0.25) is 0 Å². The number of hydrogen-bond donors (Lipinski definition) is 0. The van der Waals surface area contributed by atoms with Crippen LogP contribution in [0.15, 0.2) is 212 Å². The molecule has 0 saturated heterocycles. The molecule has 12 aromatic rings. The van der Waals surface area contributed by atoms with Crippen molar-refractivity contribution >= 4 is 64.6 Å². The number of rotatable bonds is 5. The van der Waals surface area contributed by atoms with Gasteiger partial charge in [-0.25, -0.2) is 0 Å². The van der Waals surface area contributed by atoms with Crippen molar-refractivity contribution in [3.63, 3.8) is 0 Å². The second kappa shape index (κ2) is 12.5. The zero-order chi connectivity index (χ0) is 37.5. The standard InChI is InChI=1S/C56H35N/c1-3-13-37(14-4-1)51-32-33-52(38-15-5-2-6-16-38)57(51)44-28-31-49-50(35-44)56(48-30-27-41-24-23-39-18-11-19-40-26-29-47(48)55(41)53(39)40)46-21-10-9-20-45(46)54(49)43-25-22-36-12-7-8-17-42(36)34-43/h1-35H. The molecule has 0 bridgehead atoms. The smallest absolute Gasteiger partial charge is 0.0535 e. The maximum atomic E-state index is 2.46. The minimum Gasteiger partial charge on any atom is -0.309 e. The first kappa shape index (κ1) is 31.8. The van der Waals surface area contributed by atoms with Gasteiger partial charge < -0.3 is 4.57 Å². The predicted octanol–water partition coefficient (Wildman–Crippen LogP) is 15.5. The van der Waals surface area contributed by atoms with E-state index in [4.69, 9.17) is 0 Å². The fraction of sp³-hybridized carbons (Fsp3) is 0. The van der Waals surface area contributed by atoms with Crippen LogP contribution in [-0.4, -0.2) is 4.57 Å². The highest BCUT2D eigenvalue weighted by molar-refractivity contribution is 6.29. The third-order valence-electron chi connectivity index (χ3n) is 12.1. The van der Waals surface area contributed by atoms with Crippen molar-refractivity contribution in [2.24, 2.45) is 0 Å². The molecule has 0 radical (unpaired) electrons. The third kappa shape index (κ3) is 4.89. The minimum atomic E-state index is 1.13. The first-order valence-corrected chi connectivity index (χ1v) is 19.8. The van der Waals surface area contributed by atoms with E-state index >= 15 is 0 Å². The fourth-order valence-corrected chi connectivity index (χ4v) is 9.59. The lowest BCUT2D eigenvalue weighted by atomic mass is 9.83. The van der Waals surface area contributed by atoms with E-state index in [2.05, 4.69) is 217 Å². The van der Waals surface area contributed by atoms with Crippen molar-refractivity contribution in [1.29, 1.82) is 0 Å². The molecule has 0 spiro atoms. The van der Waals surface area contributed by atoms with Gasteiger partial charge in [-0.05, 0) is 128 Å². The summed E-state index contributed by atoms with van der Waals surface area (Å²) in [5.41, 5.74) is 10.8. The molecule has 12 rings (SSSR count). The van der Waals surface area contributed by atoms with Gasteiger partial charge >= 0.3 is 0 Å². The Morgan fingerprint density at radius 1 is 0.263 bits per heavy atom. The molecule has 0 fully saturated rings. The van der Waals surface area contributed by atoms with Crippen molar-refractivity contribution in [2.45, 2.75) is 0 Å². The van der Waals surface area contributed by atoms with Crippen LogP contribution in [0, 0.1) is 0 Å². The Kier molecular flexibility index (Phi) is 7.00. The summed E-state index contributed by atoms with van der Waals surface area (Å²) >= 11 is 0. The SMILES string of the molecule is c1ccc(-c2ccc(-c3ccccc3)n2-c2ccc3c(-c4ccc5ccccc5c4)c4ccccc4c(-c4ccc5ccc6cccc7ccc4c5c67)c3c2)cc1. The number of nitrogens with zero attached hydrogens (tertiary/aromatic N) is 1. The monoisotopic (exact) mass is 721 g/mol. The van der Waals surface area contributed by atoms with Gasteiger partial charge in [-0.15, -0.1) is 0 Å². The molecule has 0 N–H and O–H groups in total. The summed E-state index contributed by atoms with van der Waals surface area (Å²) in [6.07, 6.45) is 0. The van der Waals surface area contributed by atoms with Crippen LogP contribution in [0.2, 0.25) is 0 Å². The second-order valence-corrected chi connectivity index (χ2v) is 15.2. The quantitative estimate of drug-likeness (QED) is 0.123. The molecule has 0 aliphatic rings. The van der Waals surface area contributed by atoms with Gasteiger partial charge in [-0.1, -0.05) is 182 Å². The van der Waals surface area contributed by atoms with Crippen molar-refractivity contribution in [3.8, 4) is 50.5 Å². The lowest BCUT2D eigenvalue weighted by Crippen LogP contribution is -2.00. The Hall–Kier alpha value is -7.48. The lowest BCUT2D eigenvalue weighted by molar-refractivity contribution is 1.10. The highest BCUT2D eigenvalue weighted by Gasteiger charge is 2.22. The number of hydrogen-bond acceptors (Lipinski definition) is 0. The molecule has 57 heavy (non-hydrogen) atoms. The van der Waals surface area contributed by atoms with Crippen molar-refractivity contribution in [3.05, 3.63) is 212 Å². The molecule has 0 saturated carbocycles.